The number of carbonyl (C=O) groups is 3. The average molecular weight is 1770 g/mol. The molecule has 14 unspecified atom stereocenters. The topological polar surface area (TPSA) is 334 Å². The molecule has 4 fully saturated rings. The quantitative estimate of drug-likeness (QED) is 0.0191. The highest BCUT2D eigenvalue weighted by molar-refractivity contribution is 7.64. The zero-order valence-electron chi connectivity index (χ0n) is 76.0. The van der Waals surface area contributed by atoms with Gasteiger partial charge < -0.3 is 88.6 Å². The number of nitrogens with zero attached hydrogens (tertiary/aromatic N) is 4. The number of aliphatic hydroxyl groups is 2. The third-order valence-electron chi connectivity index (χ3n) is 21.3. The summed E-state index contributed by atoms with van der Waals surface area (Å²) in [5, 5.41) is 38.1. The minimum atomic E-state index is -3.24. The van der Waals surface area contributed by atoms with Crippen molar-refractivity contribution in [2.45, 2.75) is 372 Å². The molecule has 0 saturated carbocycles. The third kappa shape index (κ3) is 36.0. The fraction of sp³-hybridized carbons (Fsp3) is 0.934. The van der Waals surface area contributed by atoms with Crippen LogP contribution in [0.25, 0.3) is 0 Å². The number of aliphatic hydroxyl groups excluding tert-OH is 2. The molecule has 4 heterocycles. The molecule has 2 N–H and O–H groups in total. The van der Waals surface area contributed by atoms with E-state index in [0.29, 0.717) is 19.3 Å². The first kappa shape index (κ1) is 112. The van der Waals surface area contributed by atoms with Gasteiger partial charge in [0, 0.05) is 85.2 Å². The van der Waals surface area contributed by atoms with Crippen LogP contribution in [-0.4, -0.2) is 297 Å². The van der Waals surface area contributed by atoms with Crippen LogP contribution in [0.2, 0.25) is 36.3 Å². The van der Waals surface area contributed by atoms with Gasteiger partial charge in [0.25, 0.3) is 17.1 Å². The summed E-state index contributed by atoms with van der Waals surface area (Å²) in [5.74, 6) is -5.55. The summed E-state index contributed by atoms with van der Waals surface area (Å²) < 4.78 is 147. The van der Waals surface area contributed by atoms with Crippen LogP contribution in [0, 0.1) is 40.4 Å². The molecule has 0 spiro atoms. The normalized spacial score (nSPS) is 26.1. The molecule has 0 aliphatic carbocycles. The monoisotopic (exact) mass is 1770 g/mol. The molecule has 4 saturated heterocycles. The summed E-state index contributed by atoms with van der Waals surface area (Å²) in [6.07, 6.45) is -6.23. The highest BCUT2D eigenvalue weighted by Crippen LogP contribution is 2.55. The van der Waals surface area contributed by atoms with E-state index in [1.807, 2.05) is 52.3 Å². The highest BCUT2D eigenvalue weighted by Gasteiger charge is 2.53. The number of ether oxygens (including phenoxy) is 7. The van der Waals surface area contributed by atoms with E-state index in [9.17, 15) is 42.9 Å². The molecule has 115 heavy (non-hydrogen) atoms. The van der Waals surface area contributed by atoms with E-state index in [1.165, 1.54) is 26.7 Å². The number of hydrogen-bond donors (Lipinski definition) is 2. The summed E-state index contributed by atoms with van der Waals surface area (Å²) in [4.78, 5) is 36.9. The summed E-state index contributed by atoms with van der Waals surface area (Å²) >= 11 is 0. The predicted molar refractivity (Wildman–Crippen MR) is 468 cm³/mol. The van der Waals surface area contributed by atoms with Gasteiger partial charge in [-0.25, -0.2) is 13.7 Å². The number of nitriles is 2. The fourth-order valence-electron chi connectivity index (χ4n) is 11.8. The molecular weight excluding hydrogens is 1630 g/mol. The maximum Gasteiger partial charge on any atom is 0.308 e. The molecule has 4 rings (SSSR count). The Balaban J connectivity index is 0.000000775. The van der Waals surface area contributed by atoms with Crippen molar-refractivity contribution < 1.29 is 107 Å². The fourth-order valence-corrected chi connectivity index (χ4v) is 21.7. The number of hydrogen-bond acceptors (Lipinski definition) is 26. The number of rotatable bonds is 38. The second-order valence-corrected chi connectivity index (χ2v) is 63.8. The number of alkyl halides is 1. The van der Waals surface area contributed by atoms with E-state index >= 15 is 4.39 Å². The van der Waals surface area contributed by atoms with Gasteiger partial charge in [-0.3, -0.25) is 14.4 Å². The van der Waals surface area contributed by atoms with Crippen molar-refractivity contribution >= 4 is 112 Å². The summed E-state index contributed by atoms with van der Waals surface area (Å²) in [6.45, 7) is 64.6. The summed E-state index contributed by atoms with van der Waals surface area (Å²) in [7, 11) is 6.43. The van der Waals surface area contributed by atoms with Crippen molar-refractivity contribution in [2.24, 2.45) is 17.8 Å². The van der Waals surface area contributed by atoms with Crippen LogP contribution >= 0.6 is 45.6 Å². The van der Waals surface area contributed by atoms with Crippen molar-refractivity contribution in [2.75, 3.05) is 66.5 Å². The molecule has 660 valence electrons. The van der Waals surface area contributed by atoms with Gasteiger partial charge in [-0.05, 0) is 145 Å². The molecule has 0 amide bonds. The lowest BCUT2D eigenvalue weighted by atomic mass is 9.94. The van der Waals surface area contributed by atoms with E-state index < -0.39 is 177 Å². The van der Waals surface area contributed by atoms with Gasteiger partial charge in [-0.1, -0.05) is 96.9 Å². The zero-order chi connectivity index (χ0) is 89.9. The highest BCUT2D eigenvalue weighted by atomic mass is 31.2. The Labute approximate surface area is 702 Å². The molecular formula is C76H147B4FN4O22P6Si2. The Morgan fingerprint density at radius 2 is 0.730 bits per heavy atom. The predicted octanol–water partition coefficient (Wildman–Crippen LogP) is 15.1. The van der Waals surface area contributed by atoms with E-state index in [2.05, 4.69) is 106 Å². The first-order valence-corrected chi connectivity index (χ1v) is 59.1. The van der Waals surface area contributed by atoms with Crippen molar-refractivity contribution in [1.82, 2.24) is 9.34 Å². The Bertz CT molecular complexity index is 3130. The SMILES string of the molecule is [B][C@@H]1O[C@H](C(O)C(O)P(C)(C)=O)CC1O[Si](C)(C)C(C)(C)C.[B][C@@H]1O[C@H](C(OC(=O)C(C)C)C(C)P(C)(C)=O)CC1OP(OCCC#N)N(C(C)C)C(C)C.[B][C@@H]1O[C@H](C(OC(=O)C(C)C)C(C)P(C)(C)=O)CC1O[Si](C)(C)C(C)(C)C.[B][C@@H]1O[C@H](C(OC(=O)C(C)C)C(F)P(C)(C)=O)CC1OP(OCCC#N)N(C(C)C)C(C)C. The van der Waals surface area contributed by atoms with Gasteiger partial charge in [0.1, 0.15) is 69.8 Å². The lowest BCUT2D eigenvalue weighted by Crippen LogP contribution is -2.46. The Hall–Kier alpha value is -0.766. The minimum Gasteiger partial charge on any atom is -0.459 e. The molecule has 0 aromatic carbocycles. The maximum atomic E-state index is 15.2. The Morgan fingerprint density at radius 3 is 0.983 bits per heavy atom. The number of carbonyl (C=O) groups excluding carboxylic acids is 3. The number of esters is 3. The van der Waals surface area contributed by atoms with E-state index in [0.717, 1.165) is 0 Å². The molecule has 0 aromatic heterocycles. The largest absolute Gasteiger partial charge is 0.459 e. The van der Waals surface area contributed by atoms with Crippen LogP contribution < -0.4 is 0 Å². The number of halogens is 1. The molecule has 0 bridgehead atoms. The van der Waals surface area contributed by atoms with E-state index in [4.69, 9.17) is 102 Å². The van der Waals surface area contributed by atoms with Crippen molar-refractivity contribution in [3.05, 3.63) is 0 Å². The minimum absolute atomic E-state index is 0.0471. The lowest BCUT2D eigenvalue weighted by molar-refractivity contribution is -0.163. The van der Waals surface area contributed by atoms with Gasteiger partial charge >= 0.3 is 17.9 Å². The molecule has 8 radical (unpaired) electrons. The zero-order valence-corrected chi connectivity index (χ0v) is 83.3. The maximum absolute atomic E-state index is 15.2. The summed E-state index contributed by atoms with van der Waals surface area (Å²) in [5.41, 5.74) is -0.712. The van der Waals surface area contributed by atoms with Crippen LogP contribution in [0.15, 0.2) is 0 Å². The average Bonchev–Trinajstić information content (AvgIpc) is 1.71. The second kappa shape index (κ2) is 48.1. The smallest absolute Gasteiger partial charge is 0.308 e. The Morgan fingerprint density at radius 1 is 0.470 bits per heavy atom. The van der Waals surface area contributed by atoms with Gasteiger partial charge in [0.05, 0.1) is 119 Å². The van der Waals surface area contributed by atoms with Crippen molar-refractivity contribution in [3.8, 4) is 12.1 Å². The molecule has 22 atom stereocenters. The van der Waals surface area contributed by atoms with E-state index in [1.54, 1.807) is 68.2 Å². The van der Waals surface area contributed by atoms with Crippen LogP contribution in [0.5, 0.6) is 0 Å². The first-order valence-electron chi connectivity index (χ1n) is 40.3. The standard InChI is InChI=1S/C22H41BN2O6P2.C21H38BFN2O6P2.C19H38BO5PSi.C14H30BO5PSi/c1-14(2)22(26)30-20(17(7)33(8,9)27)18-13-19(21(23)29-18)31-32(28-12-10-11-24)25(15(3)4)16(5)6;1-13(2)21(26)30-18(20(23)33(7,8)27)16-12-17(19(22)29-16)31-32(28-11-9-10-24)25(14(3)4)15(5)6;1-12(2)18(21)24-16(13(3)26(7,8)22)14-11-15(17(20)23-14)25-27(9,10)19(4,5)6;1-14(2,3)22(6,7)20-10-8-9(19-12(10)15)11(16)13(17)21(4,5)18/h14-21H,10,12-13H2,1-9H3;13-20H,9,11-12H2,1-8H3;12-17H,11H2,1-10H3;9-13,16-17H,8H2,1-7H3/t17?,18-,19?,20?,21+,32?;16-,17?,18?,19+,20?,32?;13?,14-,15?,16?,17+;9-,10?,11?,12+,13?/m0000/s1. The first-order chi connectivity index (χ1) is 52.0. The van der Waals surface area contributed by atoms with Gasteiger partial charge in [0.2, 0.25) is 0 Å². The Kier molecular flexibility index (Phi) is 46.9. The van der Waals surface area contributed by atoms with Crippen molar-refractivity contribution in [1.29, 1.82) is 10.5 Å². The van der Waals surface area contributed by atoms with Gasteiger partial charge in [0.15, 0.2) is 28.7 Å². The molecule has 4 aliphatic rings. The molecule has 39 heteroatoms. The molecule has 0 aromatic rings. The summed E-state index contributed by atoms with van der Waals surface area (Å²) in [6, 6.07) is 1.73. The van der Waals surface area contributed by atoms with Gasteiger partial charge in [-0.2, -0.15) is 10.5 Å². The second-order valence-electron chi connectivity index (χ2n) is 37.4. The van der Waals surface area contributed by atoms with Crippen LogP contribution in [0.4, 0.5) is 4.39 Å². The lowest BCUT2D eigenvalue weighted by Gasteiger charge is -2.39. The van der Waals surface area contributed by atoms with Crippen molar-refractivity contribution in [3.63, 3.8) is 0 Å². The third-order valence-corrected chi connectivity index (χ3v) is 42.2. The van der Waals surface area contributed by atoms with Crippen LogP contribution in [-0.2, 0) is 92.7 Å². The van der Waals surface area contributed by atoms with Gasteiger partial charge in [-0.15, -0.1) is 0 Å². The van der Waals surface area contributed by atoms with Crippen LogP contribution in [0.3, 0.4) is 0 Å². The molecule has 4 aliphatic heterocycles. The van der Waals surface area contributed by atoms with Crippen LogP contribution in [0.1, 0.15) is 191 Å². The van der Waals surface area contributed by atoms with E-state index in [-0.39, 0.29) is 108 Å². The molecule has 26 nitrogen and oxygen atoms in total.